The van der Waals surface area contributed by atoms with Crippen molar-refractivity contribution in [3.8, 4) is 0 Å². The molecule has 6 N–H and O–H groups in total. The predicted molar refractivity (Wildman–Crippen MR) is 71.7 cm³/mol. The number of aliphatic hydroxyl groups excluding tert-OH is 4. The average Bonchev–Trinajstić information content (AvgIpc) is 2.47. The molecule has 1 heterocycles. The zero-order chi connectivity index (χ0) is 17.8. The minimum absolute atomic E-state index is 0.611. The Bertz CT molecular complexity index is 506. The third-order valence-electron chi connectivity index (χ3n) is 3.41. The smallest absolute Gasteiger partial charge is 0.342 e. The molecule has 0 aromatic rings. The first-order valence-electron chi connectivity index (χ1n) is 6.58. The normalized spacial score (nSPS) is 33.2. The van der Waals surface area contributed by atoms with Crippen molar-refractivity contribution in [1.82, 2.24) is 5.32 Å². The van der Waals surface area contributed by atoms with Gasteiger partial charge in [0.25, 0.3) is 0 Å². The van der Waals surface area contributed by atoms with Crippen LogP contribution in [0.5, 0.6) is 0 Å². The first-order valence-corrected chi connectivity index (χ1v) is 6.58. The van der Waals surface area contributed by atoms with E-state index in [9.17, 15) is 30.0 Å². The van der Waals surface area contributed by atoms with Crippen molar-refractivity contribution >= 4 is 11.9 Å². The molecule has 0 aromatic carbocycles. The minimum Gasteiger partial charge on any atom is -0.479 e. The van der Waals surface area contributed by atoms with Crippen molar-refractivity contribution in [2.45, 2.75) is 49.5 Å². The zero-order valence-electron chi connectivity index (χ0n) is 12.1. The first kappa shape index (κ1) is 19.1. The molecule has 12 heteroatoms. The summed E-state index contributed by atoms with van der Waals surface area (Å²) in [6.07, 6.45) is -7.49. The Labute approximate surface area is 129 Å². The van der Waals surface area contributed by atoms with Crippen LogP contribution >= 0.6 is 0 Å². The molecule has 0 spiro atoms. The quantitative estimate of drug-likeness (QED) is 0.173. The van der Waals surface area contributed by atoms with Crippen molar-refractivity contribution in [2.75, 3.05) is 6.61 Å². The van der Waals surface area contributed by atoms with Crippen LogP contribution in [0.2, 0.25) is 0 Å². The summed E-state index contributed by atoms with van der Waals surface area (Å²) in [4.78, 5) is 24.9. The van der Waals surface area contributed by atoms with E-state index in [1.165, 1.54) is 0 Å². The lowest BCUT2D eigenvalue weighted by molar-refractivity contribution is -0.227. The molecule has 0 bridgehead atoms. The van der Waals surface area contributed by atoms with Crippen LogP contribution < -0.4 is 5.32 Å². The van der Waals surface area contributed by atoms with Gasteiger partial charge in [-0.05, 0) is 10.6 Å². The molecular formula is C11H18N4O8. The molecular weight excluding hydrogens is 316 g/mol. The van der Waals surface area contributed by atoms with Crippen LogP contribution in [0.1, 0.15) is 13.3 Å². The first-order chi connectivity index (χ1) is 10.7. The summed E-state index contributed by atoms with van der Waals surface area (Å²) in [5.41, 5.74) is 6.00. The number of carboxylic acid groups (broad SMARTS) is 1. The molecule has 130 valence electrons. The molecule has 1 amide bonds. The SMILES string of the molecule is CC(=O)N[C@H]1[C@H]([C@H](O)[C@H](O)CO)OC(N=[N+]=[N-])(C(=O)O)C[C@@H]1O. The number of hydrogen-bond donors (Lipinski definition) is 6. The number of nitrogens with one attached hydrogen (secondary N) is 1. The van der Waals surface area contributed by atoms with Gasteiger partial charge in [-0.3, -0.25) is 4.79 Å². The van der Waals surface area contributed by atoms with E-state index in [1.54, 1.807) is 0 Å². The van der Waals surface area contributed by atoms with E-state index in [1.807, 2.05) is 0 Å². The fraction of sp³-hybridized carbons (Fsp3) is 0.818. The molecule has 6 atom stereocenters. The Morgan fingerprint density at radius 1 is 1.52 bits per heavy atom. The third-order valence-corrected chi connectivity index (χ3v) is 3.41. The molecule has 0 aromatic heterocycles. The maximum Gasteiger partial charge on any atom is 0.342 e. The molecule has 1 aliphatic heterocycles. The minimum atomic E-state index is -2.52. The Balaban J connectivity index is 3.25. The van der Waals surface area contributed by atoms with Gasteiger partial charge in [-0.2, -0.15) is 0 Å². The van der Waals surface area contributed by atoms with Gasteiger partial charge in [-0.15, -0.1) is 0 Å². The number of amides is 1. The summed E-state index contributed by atoms with van der Waals surface area (Å²) in [6.45, 7) is 0.233. The number of azide groups is 1. The highest BCUT2D eigenvalue weighted by molar-refractivity contribution is 5.78. The van der Waals surface area contributed by atoms with Crippen LogP contribution in [0.25, 0.3) is 10.4 Å². The van der Waals surface area contributed by atoms with Gasteiger partial charge in [0.2, 0.25) is 11.6 Å². The highest BCUT2D eigenvalue weighted by Crippen LogP contribution is 2.33. The molecule has 1 saturated heterocycles. The lowest BCUT2D eigenvalue weighted by atomic mass is 9.87. The second-order valence-corrected chi connectivity index (χ2v) is 5.10. The summed E-state index contributed by atoms with van der Waals surface area (Å²) in [6, 6.07) is -1.29. The molecule has 0 radical (unpaired) electrons. The summed E-state index contributed by atoms with van der Waals surface area (Å²) < 4.78 is 5.13. The summed E-state index contributed by atoms with van der Waals surface area (Å²) in [5.74, 6) is -2.33. The van der Waals surface area contributed by atoms with Gasteiger partial charge in [0.1, 0.15) is 18.3 Å². The van der Waals surface area contributed by atoms with Crippen molar-refractivity contribution in [3.05, 3.63) is 10.4 Å². The Morgan fingerprint density at radius 2 is 2.13 bits per heavy atom. The van der Waals surface area contributed by atoms with Crippen LogP contribution in [-0.4, -0.2) is 80.2 Å². The number of nitrogens with zero attached hydrogens (tertiary/aromatic N) is 3. The van der Waals surface area contributed by atoms with Crippen molar-refractivity contribution < 1.29 is 39.9 Å². The van der Waals surface area contributed by atoms with E-state index in [2.05, 4.69) is 15.3 Å². The number of hydrogen-bond acceptors (Lipinski definition) is 8. The van der Waals surface area contributed by atoms with Gasteiger partial charge in [-0.25, -0.2) is 4.79 Å². The van der Waals surface area contributed by atoms with Crippen LogP contribution in [-0.2, 0) is 14.3 Å². The van der Waals surface area contributed by atoms with Crippen molar-refractivity contribution in [1.29, 1.82) is 0 Å². The summed E-state index contributed by atoms with van der Waals surface area (Å²) in [7, 11) is 0. The zero-order valence-corrected chi connectivity index (χ0v) is 12.1. The molecule has 1 rings (SSSR count). The van der Waals surface area contributed by atoms with Crippen LogP contribution in [0.3, 0.4) is 0 Å². The van der Waals surface area contributed by atoms with E-state index < -0.39 is 61.1 Å². The van der Waals surface area contributed by atoms with Gasteiger partial charge in [0.05, 0.1) is 18.8 Å². The maximum atomic E-state index is 11.4. The Morgan fingerprint density at radius 3 is 2.57 bits per heavy atom. The Kier molecular flexibility index (Phi) is 6.27. The number of aliphatic hydroxyl groups is 4. The molecule has 0 saturated carbocycles. The van der Waals surface area contributed by atoms with Crippen molar-refractivity contribution in [2.24, 2.45) is 5.11 Å². The van der Waals surface area contributed by atoms with E-state index in [4.69, 9.17) is 15.4 Å². The predicted octanol–water partition coefficient (Wildman–Crippen LogP) is -2.55. The third kappa shape index (κ3) is 4.07. The van der Waals surface area contributed by atoms with Gasteiger partial charge < -0.3 is 35.6 Å². The second kappa shape index (κ2) is 7.55. The molecule has 1 fully saturated rings. The van der Waals surface area contributed by atoms with E-state index in [-0.39, 0.29) is 0 Å². The molecule has 1 aliphatic rings. The fourth-order valence-corrected chi connectivity index (χ4v) is 2.32. The van der Waals surface area contributed by atoms with E-state index in [0.717, 1.165) is 6.92 Å². The van der Waals surface area contributed by atoms with E-state index >= 15 is 0 Å². The Hall–Kier alpha value is -1.95. The fourth-order valence-electron chi connectivity index (χ4n) is 2.32. The van der Waals surface area contributed by atoms with Crippen LogP contribution in [0.4, 0.5) is 0 Å². The summed E-state index contributed by atoms with van der Waals surface area (Å²) in [5, 5.41) is 53.0. The number of carbonyl (C=O) groups is 2. The monoisotopic (exact) mass is 334 g/mol. The second-order valence-electron chi connectivity index (χ2n) is 5.10. The number of aliphatic carboxylic acids is 1. The lowest BCUT2D eigenvalue weighted by Gasteiger charge is -2.45. The molecule has 0 aliphatic carbocycles. The van der Waals surface area contributed by atoms with Gasteiger partial charge >= 0.3 is 5.97 Å². The lowest BCUT2D eigenvalue weighted by Crippen LogP contribution is -2.66. The molecule has 23 heavy (non-hydrogen) atoms. The number of carboxylic acids is 1. The topological polar surface area (TPSA) is 205 Å². The van der Waals surface area contributed by atoms with Crippen LogP contribution in [0, 0.1) is 0 Å². The van der Waals surface area contributed by atoms with Crippen LogP contribution in [0.15, 0.2) is 5.11 Å². The van der Waals surface area contributed by atoms with Gasteiger partial charge in [0.15, 0.2) is 0 Å². The number of ether oxygens (including phenoxy) is 1. The molecule has 12 nitrogen and oxygen atoms in total. The van der Waals surface area contributed by atoms with Gasteiger partial charge in [0, 0.05) is 18.3 Å². The maximum absolute atomic E-state index is 11.4. The average molecular weight is 334 g/mol. The number of carbonyl (C=O) groups excluding carboxylic acids is 1. The summed E-state index contributed by atoms with van der Waals surface area (Å²) >= 11 is 0. The standard InChI is InChI=1S/C11H18N4O8/c1-4(17)13-7-5(18)2-11(10(21)22,14-15-12)23-9(7)8(20)6(19)3-16/h5-9,16,18-20H,2-3H2,1H3,(H,13,17)(H,21,22)/t5-,6+,7+,8+,9+,11?/m0/s1. The van der Waals surface area contributed by atoms with Crippen molar-refractivity contribution in [3.63, 3.8) is 0 Å². The van der Waals surface area contributed by atoms with Gasteiger partial charge in [-0.1, -0.05) is 0 Å². The highest BCUT2D eigenvalue weighted by Gasteiger charge is 2.54. The molecule has 1 unspecified atom stereocenters. The largest absolute Gasteiger partial charge is 0.479 e. The number of rotatable bonds is 6. The van der Waals surface area contributed by atoms with E-state index in [0.29, 0.717) is 0 Å². The highest BCUT2D eigenvalue weighted by atomic mass is 16.6.